The van der Waals surface area contributed by atoms with Gasteiger partial charge in [0.15, 0.2) is 0 Å². The minimum absolute atomic E-state index is 0.0889. The van der Waals surface area contributed by atoms with Crippen molar-refractivity contribution < 1.29 is 9.50 Å². The first-order valence-corrected chi connectivity index (χ1v) is 5.47. The van der Waals surface area contributed by atoms with Gasteiger partial charge in [-0.15, -0.1) is 0 Å². The first kappa shape index (κ1) is 10.9. The molecule has 2 aromatic heterocycles. The molecule has 0 radical (unpaired) electrons. The molecule has 4 nitrogen and oxygen atoms in total. The molecule has 0 unspecified atom stereocenters. The normalized spacial score (nSPS) is 11.0. The van der Waals surface area contributed by atoms with Crippen LogP contribution in [0, 0.1) is 5.82 Å². The molecule has 2 heterocycles. The number of halogens is 1. The lowest BCUT2D eigenvalue weighted by Gasteiger charge is -2.04. The molecule has 18 heavy (non-hydrogen) atoms. The zero-order valence-electron chi connectivity index (χ0n) is 9.42. The molecule has 90 valence electrons. The van der Waals surface area contributed by atoms with Crippen molar-refractivity contribution in [3.8, 4) is 5.69 Å². The summed E-state index contributed by atoms with van der Waals surface area (Å²) >= 11 is 0. The topological polar surface area (TPSA) is 50.9 Å². The summed E-state index contributed by atoms with van der Waals surface area (Å²) in [5, 5.41) is 13.7. The van der Waals surface area contributed by atoms with Gasteiger partial charge in [0.1, 0.15) is 5.82 Å². The van der Waals surface area contributed by atoms with Gasteiger partial charge in [0.25, 0.3) is 0 Å². The minimum Gasteiger partial charge on any atom is -0.392 e. The number of hydrogen-bond acceptors (Lipinski definition) is 3. The Morgan fingerprint density at radius 1 is 1.22 bits per heavy atom. The molecule has 0 atom stereocenters. The lowest BCUT2D eigenvalue weighted by atomic mass is 10.2. The predicted molar refractivity (Wildman–Crippen MR) is 64.7 cm³/mol. The van der Waals surface area contributed by atoms with Gasteiger partial charge in [-0.3, -0.25) is 4.98 Å². The van der Waals surface area contributed by atoms with Crippen molar-refractivity contribution in [1.29, 1.82) is 0 Å². The summed E-state index contributed by atoms with van der Waals surface area (Å²) in [6.45, 7) is -0.0889. The molecule has 5 heteroatoms. The monoisotopic (exact) mass is 243 g/mol. The fraction of sp³-hybridized carbons (Fsp3) is 0.0769. The van der Waals surface area contributed by atoms with Crippen molar-refractivity contribution in [3.63, 3.8) is 0 Å². The first-order valence-electron chi connectivity index (χ1n) is 5.47. The van der Waals surface area contributed by atoms with Crippen molar-refractivity contribution in [2.75, 3.05) is 0 Å². The Hall–Kier alpha value is -2.27. The highest BCUT2D eigenvalue weighted by molar-refractivity contribution is 5.80. The molecule has 0 amide bonds. The van der Waals surface area contributed by atoms with Crippen LogP contribution in [0.4, 0.5) is 4.39 Å². The molecule has 3 aromatic rings. The molecule has 1 aromatic carbocycles. The number of benzene rings is 1. The number of pyridine rings is 1. The second kappa shape index (κ2) is 4.19. The number of hydrogen-bond donors (Lipinski definition) is 1. The standard InChI is InChI=1S/C13H10FN3O/c14-12-2-1-3-13-11(12)7-16-17(13)10-4-9(8-18)5-15-6-10/h1-7,18H,8H2. The summed E-state index contributed by atoms with van der Waals surface area (Å²) in [5.74, 6) is -0.301. The Morgan fingerprint density at radius 2 is 2.11 bits per heavy atom. The molecule has 0 aliphatic carbocycles. The number of aliphatic hydroxyl groups is 1. The molecular weight excluding hydrogens is 233 g/mol. The van der Waals surface area contributed by atoms with E-state index in [0.29, 0.717) is 22.2 Å². The molecule has 3 rings (SSSR count). The third-order valence-electron chi connectivity index (χ3n) is 2.77. The van der Waals surface area contributed by atoms with Crippen LogP contribution in [-0.4, -0.2) is 19.9 Å². The first-order chi connectivity index (χ1) is 8.79. The van der Waals surface area contributed by atoms with Gasteiger partial charge in [-0.05, 0) is 23.8 Å². The summed E-state index contributed by atoms with van der Waals surface area (Å²) in [7, 11) is 0. The summed E-state index contributed by atoms with van der Waals surface area (Å²) in [6.07, 6.45) is 4.68. The Balaban J connectivity index is 2.22. The van der Waals surface area contributed by atoms with Gasteiger partial charge in [-0.2, -0.15) is 5.10 Å². The van der Waals surface area contributed by atoms with E-state index in [1.165, 1.54) is 12.3 Å². The van der Waals surface area contributed by atoms with Gasteiger partial charge < -0.3 is 5.11 Å². The van der Waals surface area contributed by atoms with Gasteiger partial charge in [0.2, 0.25) is 0 Å². The van der Waals surface area contributed by atoms with Crippen LogP contribution in [0.1, 0.15) is 5.56 Å². The number of nitrogens with zero attached hydrogens (tertiary/aromatic N) is 3. The highest BCUT2D eigenvalue weighted by atomic mass is 19.1. The van der Waals surface area contributed by atoms with Crippen LogP contribution in [0.5, 0.6) is 0 Å². The molecule has 0 saturated heterocycles. The lowest BCUT2D eigenvalue weighted by molar-refractivity contribution is 0.281. The van der Waals surface area contributed by atoms with E-state index in [2.05, 4.69) is 10.1 Å². The molecule has 0 bridgehead atoms. The largest absolute Gasteiger partial charge is 0.392 e. The van der Waals surface area contributed by atoms with Gasteiger partial charge in [-0.25, -0.2) is 9.07 Å². The van der Waals surface area contributed by atoms with Crippen LogP contribution in [-0.2, 0) is 6.61 Å². The van der Waals surface area contributed by atoms with E-state index in [9.17, 15) is 4.39 Å². The Labute approximate surface area is 102 Å². The summed E-state index contributed by atoms with van der Waals surface area (Å²) < 4.78 is 15.2. The molecule has 0 fully saturated rings. The van der Waals surface area contributed by atoms with Crippen molar-refractivity contribution in [2.24, 2.45) is 0 Å². The van der Waals surface area contributed by atoms with Crippen molar-refractivity contribution >= 4 is 10.9 Å². The van der Waals surface area contributed by atoms with E-state index in [-0.39, 0.29) is 12.4 Å². The zero-order chi connectivity index (χ0) is 12.5. The maximum atomic E-state index is 13.6. The highest BCUT2D eigenvalue weighted by Gasteiger charge is 2.08. The van der Waals surface area contributed by atoms with Crippen molar-refractivity contribution in [3.05, 3.63) is 54.2 Å². The fourth-order valence-corrected chi connectivity index (χ4v) is 1.90. The van der Waals surface area contributed by atoms with Gasteiger partial charge in [-0.1, -0.05) is 6.07 Å². The van der Waals surface area contributed by atoms with Crippen LogP contribution in [0.25, 0.3) is 16.6 Å². The third kappa shape index (κ3) is 1.65. The second-order valence-corrected chi connectivity index (χ2v) is 3.94. The maximum Gasteiger partial charge on any atom is 0.134 e. The smallest absolute Gasteiger partial charge is 0.134 e. The van der Waals surface area contributed by atoms with Crippen LogP contribution in [0.2, 0.25) is 0 Å². The van der Waals surface area contributed by atoms with Crippen molar-refractivity contribution in [2.45, 2.75) is 6.61 Å². The van der Waals surface area contributed by atoms with Gasteiger partial charge in [0, 0.05) is 6.20 Å². The van der Waals surface area contributed by atoms with E-state index in [1.54, 1.807) is 35.3 Å². The predicted octanol–water partition coefficient (Wildman–Crippen LogP) is 2.05. The van der Waals surface area contributed by atoms with Gasteiger partial charge in [0.05, 0.1) is 35.6 Å². The van der Waals surface area contributed by atoms with E-state index in [1.807, 2.05) is 0 Å². The lowest BCUT2D eigenvalue weighted by Crippen LogP contribution is -1.98. The average molecular weight is 243 g/mol. The molecule has 1 N–H and O–H groups in total. The molecule has 0 spiro atoms. The maximum absolute atomic E-state index is 13.6. The van der Waals surface area contributed by atoms with Crippen LogP contribution in [0.15, 0.2) is 42.9 Å². The van der Waals surface area contributed by atoms with E-state index >= 15 is 0 Å². The number of fused-ring (bicyclic) bond motifs is 1. The minimum atomic E-state index is -0.301. The number of rotatable bonds is 2. The number of aromatic nitrogens is 3. The molecule has 0 aliphatic rings. The summed E-state index contributed by atoms with van der Waals surface area (Å²) in [5.41, 5.74) is 2.06. The summed E-state index contributed by atoms with van der Waals surface area (Å²) in [4.78, 5) is 4.03. The third-order valence-corrected chi connectivity index (χ3v) is 2.77. The Bertz CT molecular complexity index is 708. The average Bonchev–Trinajstić information content (AvgIpc) is 2.84. The number of aliphatic hydroxyl groups excluding tert-OH is 1. The van der Waals surface area contributed by atoms with E-state index < -0.39 is 0 Å². The molecular formula is C13H10FN3O. The molecule has 0 aliphatic heterocycles. The Kier molecular flexibility index (Phi) is 2.53. The quantitative estimate of drug-likeness (QED) is 0.749. The van der Waals surface area contributed by atoms with Crippen LogP contribution < -0.4 is 0 Å². The highest BCUT2D eigenvalue weighted by Crippen LogP contribution is 2.20. The van der Waals surface area contributed by atoms with Crippen molar-refractivity contribution in [1.82, 2.24) is 14.8 Å². The zero-order valence-corrected chi connectivity index (χ0v) is 9.42. The SMILES string of the molecule is OCc1cncc(-n2ncc3c(F)cccc32)c1. The summed E-state index contributed by atoms with van der Waals surface area (Å²) in [6, 6.07) is 6.59. The second-order valence-electron chi connectivity index (χ2n) is 3.94. The Morgan fingerprint density at radius 3 is 2.94 bits per heavy atom. The van der Waals surface area contributed by atoms with E-state index in [0.717, 1.165) is 0 Å². The van der Waals surface area contributed by atoms with Crippen LogP contribution >= 0.6 is 0 Å². The van der Waals surface area contributed by atoms with E-state index in [4.69, 9.17) is 5.11 Å². The van der Waals surface area contributed by atoms with Gasteiger partial charge >= 0.3 is 0 Å². The molecule has 0 saturated carbocycles. The van der Waals surface area contributed by atoms with Crippen LogP contribution in [0.3, 0.4) is 0 Å². The fourth-order valence-electron chi connectivity index (χ4n) is 1.90.